The fraction of sp³-hybridized carbons (Fsp3) is 0.455. The van der Waals surface area contributed by atoms with Crippen molar-refractivity contribution >= 4 is 30.8 Å². The predicted molar refractivity (Wildman–Crippen MR) is 121 cm³/mol. The number of carbonyl (C=O) groups excluding carboxylic acids is 1. The van der Waals surface area contributed by atoms with Crippen LogP contribution in [-0.4, -0.2) is 47.9 Å². The lowest BCUT2D eigenvalue weighted by atomic mass is 10.2. The van der Waals surface area contributed by atoms with Crippen molar-refractivity contribution in [3.8, 4) is 0 Å². The summed E-state index contributed by atoms with van der Waals surface area (Å²) in [6.45, 7) is 8.45. The van der Waals surface area contributed by atoms with Crippen molar-refractivity contribution in [3.63, 3.8) is 0 Å². The van der Waals surface area contributed by atoms with Gasteiger partial charge in [-0.2, -0.15) is 0 Å². The quantitative estimate of drug-likeness (QED) is 0.125. The van der Waals surface area contributed by atoms with Crippen LogP contribution in [0.3, 0.4) is 0 Å². The van der Waals surface area contributed by atoms with Gasteiger partial charge in [0.25, 0.3) is 0 Å². The number of ether oxygens (including phenoxy) is 3. The lowest BCUT2D eigenvalue weighted by molar-refractivity contribution is -0.118. The van der Waals surface area contributed by atoms with Crippen LogP contribution < -0.4 is 0 Å². The van der Waals surface area contributed by atoms with E-state index in [1.807, 2.05) is 36.1 Å². The molecule has 28 heavy (non-hydrogen) atoms. The minimum absolute atomic E-state index is 0.381. The van der Waals surface area contributed by atoms with Crippen molar-refractivity contribution < 1.29 is 19.0 Å². The van der Waals surface area contributed by atoms with Gasteiger partial charge in [-0.3, -0.25) is 4.79 Å². The number of carbonyl (C=O) groups is 1. The normalized spacial score (nSPS) is 14.9. The zero-order chi connectivity index (χ0) is 20.2. The van der Waals surface area contributed by atoms with Crippen LogP contribution in [0, 0.1) is 0 Å². The lowest BCUT2D eigenvalue weighted by Crippen LogP contribution is -2.25. The Hall–Kier alpha value is -1.51. The van der Waals surface area contributed by atoms with E-state index in [-0.39, 0.29) is 0 Å². The highest BCUT2D eigenvalue weighted by Crippen LogP contribution is 2.29. The van der Waals surface area contributed by atoms with Gasteiger partial charge in [0.1, 0.15) is 5.76 Å². The second-order valence-corrected chi connectivity index (χ2v) is 10.0. The molecule has 1 amide bonds. The molecule has 1 fully saturated rings. The van der Waals surface area contributed by atoms with E-state index in [1.165, 1.54) is 3.58 Å². The third-order valence-corrected chi connectivity index (χ3v) is 6.53. The summed E-state index contributed by atoms with van der Waals surface area (Å²) in [5.41, 5.74) is 1.15. The maximum Gasteiger partial charge on any atom is 0.210 e. The van der Waals surface area contributed by atoms with Crippen molar-refractivity contribution in [2.45, 2.75) is 38.8 Å². The molecule has 0 atom stereocenters. The van der Waals surface area contributed by atoms with E-state index >= 15 is 0 Å². The zero-order valence-corrected chi connectivity index (χ0v) is 18.9. The molecule has 6 heteroatoms. The van der Waals surface area contributed by atoms with E-state index < -0.39 is 20.7 Å². The Morgan fingerprint density at radius 3 is 2.64 bits per heavy atom. The molecule has 5 nitrogen and oxygen atoms in total. The van der Waals surface area contributed by atoms with Crippen molar-refractivity contribution in [2.24, 2.45) is 0 Å². The smallest absolute Gasteiger partial charge is 0.210 e. The number of halogens is 1. The summed E-state index contributed by atoms with van der Waals surface area (Å²) >= 11 is -0.507. The Bertz CT molecular complexity index is 683. The Morgan fingerprint density at radius 2 is 2.00 bits per heavy atom. The molecular formula is C22H30INO4. The van der Waals surface area contributed by atoms with Gasteiger partial charge in [-0.15, -0.1) is 0 Å². The predicted octanol–water partition coefficient (Wildman–Crippen LogP) is 4.40. The number of rotatable bonds is 14. The molecule has 0 bridgehead atoms. The fourth-order valence-corrected chi connectivity index (χ4v) is 4.87. The molecule has 0 aliphatic heterocycles. The molecular weight excluding hydrogens is 469 g/mol. The summed E-state index contributed by atoms with van der Waals surface area (Å²) in [6.07, 6.45) is 5.94. The summed E-state index contributed by atoms with van der Waals surface area (Å²) in [5.74, 6) is 0.628. The molecule has 0 radical (unpaired) electrons. The molecule has 0 spiro atoms. The first-order chi connectivity index (χ1) is 13.6. The number of benzene rings is 1. The second-order valence-electron chi connectivity index (χ2n) is 6.60. The van der Waals surface area contributed by atoms with E-state index in [1.54, 1.807) is 7.11 Å². The van der Waals surface area contributed by atoms with Gasteiger partial charge in [0.05, 0.1) is 23.5 Å². The van der Waals surface area contributed by atoms with Gasteiger partial charge in [-0.05, 0) is 31.4 Å². The van der Waals surface area contributed by atoms with Crippen molar-refractivity contribution in [3.05, 3.63) is 57.9 Å². The van der Waals surface area contributed by atoms with Gasteiger partial charge in [0.15, 0.2) is 0 Å². The average Bonchev–Trinajstić information content (AvgIpc) is 3.53. The highest BCUT2D eigenvalue weighted by Gasteiger charge is 2.28. The van der Waals surface area contributed by atoms with Crippen LogP contribution in [0.4, 0.5) is 0 Å². The number of nitrogens with zero attached hydrogens (tertiary/aromatic N) is 1. The molecule has 1 aromatic rings. The summed E-state index contributed by atoms with van der Waals surface area (Å²) in [5, 5.41) is 0. The molecule has 0 unspecified atom stereocenters. The Morgan fingerprint density at radius 1 is 1.25 bits per heavy atom. The molecule has 1 saturated carbocycles. The molecule has 154 valence electrons. The van der Waals surface area contributed by atoms with Crippen LogP contribution in [0.25, 0.3) is 0 Å². The molecule has 1 aromatic carbocycles. The van der Waals surface area contributed by atoms with Crippen LogP contribution in [0.15, 0.2) is 52.3 Å². The first-order valence-electron chi connectivity index (χ1n) is 9.49. The molecule has 0 N–H and O–H groups in total. The lowest BCUT2D eigenvalue weighted by Gasteiger charge is -2.18. The Labute approximate surface area is 178 Å². The summed E-state index contributed by atoms with van der Waals surface area (Å²) in [7, 11) is 1.68. The zero-order valence-electron chi connectivity index (χ0n) is 16.7. The fourth-order valence-electron chi connectivity index (χ4n) is 2.51. The van der Waals surface area contributed by atoms with Crippen LogP contribution in [0.1, 0.15) is 31.7 Å². The van der Waals surface area contributed by atoms with Crippen molar-refractivity contribution in [2.75, 3.05) is 26.9 Å². The van der Waals surface area contributed by atoms with E-state index in [0.717, 1.165) is 34.9 Å². The summed E-state index contributed by atoms with van der Waals surface area (Å²) in [4.78, 5) is 13.3. The number of methoxy groups -OCH3 is 1. The molecule has 1 aliphatic rings. The number of amides is 1. The Balaban J connectivity index is 1.99. The second kappa shape index (κ2) is 12.9. The maximum absolute atomic E-state index is 11.5. The van der Waals surface area contributed by atoms with Gasteiger partial charge in [-0.25, -0.2) is 0 Å². The minimum Gasteiger partial charge on any atom is -0.494 e. The maximum atomic E-state index is 11.5. The standard InChI is InChI=1S/C22H30INO4/c1-18(27-13-7-12-26-3)14-21(15-24(17-25)22-10-11-22)23-19(2)28-16-20-8-5-4-6-9-20/h4-6,8-9,14,17,22H,1,7,10-13,15-16H2,2-3H3/b21-14-. The van der Waals surface area contributed by atoms with Gasteiger partial charge < -0.3 is 19.1 Å². The van der Waals surface area contributed by atoms with Crippen molar-refractivity contribution in [1.82, 2.24) is 4.90 Å². The van der Waals surface area contributed by atoms with E-state index in [4.69, 9.17) is 14.2 Å². The highest BCUT2D eigenvalue weighted by atomic mass is 127. The van der Waals surface area contributed by atoms with Crippen LogP contribution in [0.5, 0.6) is 0 Å². The average molecular weight is 499 g/mol. The molecule has 0 heterocycles. The minimum atomic E-state index is -0.507. The van der Waals surface area contributed by atoms with E-state index in [9.17, 15) is 4.79 Å². The Kier molecular flexibility index (Phi) is 10.5. The topological polar surface area (TPSA) is 48.0 Å². The van der Waals surface area contributed by atoms with Gasteiger partial charge in [0, 0.05) is 29.8 Å². The third-order valence-electron chi connectivity index (χ3n) is 4.12. The van der Waals surface area contributed by atoms with E-state index in [2.05, 4.69) is 18.7 Å². The summed E-state index contributed by atoms with van der Waals surface area (Å²) in [6, 6.07) is 10.5. The van der Waals surface area contributed by atoms with Crippen LogP contribution in [-0.2, 0) is 25.6 Å². The van der Waals surface area contributed by atoms with Crippen LogP contribution >= 0.6 is 20.7 Å². The number of hydrogen-bond acceptors (Lipinski definition) is 4. The first kappa shape index (κ1) is 22.8. The van der Waals surface area contributed by atoms with Gasteiger partial charge in [-0.1, -0.05) is 57.6 Å². The van der Waals surface area contributed by atoms with Crippen molar-refractivity contribution in [1.29, 1.82) is 0 Å². The SMILES string of the molecule is C=C(/C=C(/CN(C=O)C1CC1)I=C(C)OCc1ccccc1)OCCCOC. The van der Waals surface area contributed by atoms with Crippen LogP contribution in [0.2, 0.25) is 0 Å². The summed E-state index contributed by atoms with van der Waals surface area (Å²) < 4.78 is 18.9. The largest absolute Gasteiger partial charge is 0.494 e. The first-order valence-corrected chi connectivity index (χ1v) is 11.7. The van der Waals surface area contributed by atoms with E-state index in [0.29, 0.717) is 38.2 Å². The number of hydrogen-bond donors (Lipinski definition) is 0. The van der Waals surface area contributed by atoms with Gasteiger partial charge in [0.2, 0.25) is 6.41 Å². The third kappa shape index (κ3) is 9.12. The monoisotopic (exact) mass is 499 g/mol. The molecule has 0 saturated heterocycles. The van der Waals surface area contributed by atoms with Gasteiger partial charge >= 0.3 is 0 Å². The molecule has 2 rings (SSSR count). The highest BCUT2D eigenvalue weighted by molar-refractivity contribution is 14.2. The molecule has 1 aliphatic carbocycles. The number of allylic oxidation sites excluding steroid dienone is 1. The molecule has 0 aromatic heterocycles.